The van der Waals surface area contributed by atoms with Crippen molar-refractivity contribution >= 4 is 18.3 Å². The van der Waals surface area contributed by atoms with E-state index >= 15 is 0 Å². The highest BCUT2D eigenvalue weighted by molar-refractivity contribution is 5.85. The number of nitrogens with one attached hydrogen (secondary N) is 1. The van der Waals surface area contributed by atoms with Gasteiger partial charge in [0.2, 0.25) is 5.91 Å². The molecule has 0 saturated heterocycles. The molecule has 1 aliphatic rings. The van der Waals surface area contributed by atoms with E-state index in [4.69, 9.17) is 5.73 Å². The van der Waals surface area contributed by atoms with Crippen LogP contribution in [0.25, 0.3) is 0 Å². The van der Waals surface area contributed by atoms with Gasteiger partial charge in [0.05, 0.1) is 0 Å². The van der Waals surface area contributed by atoms with Gasteiger partial charge in [-0.15, -0.1) is 12.4 Å². The van der Waals surface area contributed by atoms with Crippen LogP contribution in [0.2, 0.25) is 0 Å². The van der Waals surface area contributed by atoms with Gasteiger partial charge in [-0.1, -0.05) is 6.07 Å². The highest BCUT2D eigenvalue weighted by Gasteiger charge is 2.47. The molecule has 1 aliphatic carbocycles. The molecule has 20 heavy (non-hydrogen) atoms. The fourth-order valence-electron chi connectivity index (χ4n) is 2.15. The molecular formula is C14H19ClF2N2O. The van der Waals surface area contributed by atoms with Crippen molar-refractivity contribution in [2.75, 3.05) is 6.54 Å². The molecule has 0 spiro atoms. The molecule has 1 aromatic rings. The second kappa shape index (κ2) is 6.06. The topological polar surface area (TPSA) is 55.1 Å². The number of carbonyl (C=O) groups excluding carboxylic acids is 1. The minimum absolute atomic E-state index is 0. The van der Waals surface area contributed by atoms with Gasteiger partial charge in [-0.3, -0.25) is 4.79 Å². The van der Waals surface area contributed by atoms with E-state index < -0.39 is 17.2 Å². The minimum atomic E-state index is -0.585. The molecule has 2 rings (SSSR count). The minimum Gasteiger partial charge on any atom is -0.350 e. The summed E-state index contributed by atoms with van der Waals surface area (Å²) in [6.45, 7) is 3.93. The maximum Gasteiger partial charge on any atom is 0.224 e. The fourth-order valence-corrected chi connectivity index (χ4v) is 2.15. The summed E-state index contributed by atoms with van der Waals surface area (Å²) in [7, 11) is 0. The first-order chi connectivity index (χ1) is 8.85. The second-order valence-electron chi connectivity index (χ2n) is 5.66. The van der Waals surface area contributed by atoms with E-state index in [2.05, 4.69) is 5.32 Å². The molecule has 1 fully saturated rings. The quantitative estimate of drug-likeness (QED) is 0.897. The highest BCUT2D eigenvalue weighted by Crippen LogP contribution is 2.49. The van der Waals surface area contributed by atoms with Crippen LogP contribution in [0.4, 0.5) is 8.78 Å². The number of benzene rings is 1. The third-order valence-electron chi connectivity index (χ3n) is 3.47. The number of hydrogen-bond acceptors (Lipinski definition) is 2. The van der Waals surface area contributed by atoms with Gasteiger partial charge in [-0.05, 0) is 32.4 Å². The monoisotopic (exact) mass is 304 g/mol. The van der Waals surface area contributed by atoms with Crippen LogP contribution in [0.3, 0.4) is 0 Å². The van der Waals surface area contributed by atoms with E-state index in [1.807, 2.05) is 13.8 Å². The van der Waals surface area contributed by atoms with Gasteiger partial charge in [0.1, 0.15) is 11.6 Å². The van der Waals surface area contributed by atoms with Crippen molar-refractivity contribution < 1.29 is 13.6 Å². The van der Waals surface area contributed by atoms with E-state index in [0.29, 0.717) is 13.0 Å². The van der Waals surface area contributed by atoms with Crippen molar-refractivity contribution in [3.8, 4) is 0 Å². The zero-order valence-corrected chi connectivity index (χ0v) is 12.3. The van der Waals surface area contributed by atoms with Gasteiger partial charge < -0.3 is 11.1 Å². The van der Waals surface area contributed by atoms with E-state index in [0.717, 1.165) is 0 Å². The maximum atomic E-state index is 13.6. The summed E-state index contributed by atoms with van der Waals surface area (Å²) in [6.07, 6.45) is 0.477. The van der Waals surface area contributed by atoms with Crippen molar-refractivity contribution in [3.05, 3.63) is 35.4 Å². The van der Waals surface area contributed by atoms with Crippen LogP contribution in [0.15, 0.2) is 18.2 Å². The Labute approximate surface area is 123 Å². The van der Waals surface area contributed by atoms with Crippen LogP contribution in [0.1, 0.15) is 31.7 Å². The molecule has 0 heterocycles. The molecule has 112 valence electrons. The van der Waals surface area contributed by atoms with Crippen LogP contribution in [0.5, 0.6) is 0 Å². The summed E-state index contributed by atoms with van der Waals surface area (Å²) in [5, 5.41) is 2.80. The third-order valence-corrected chi connectivity index (χ3v) is 3.47. The first-order valence-electron chi connectivity index (χ1n) is 6.32. The lowest BCUT2D eigenvalue weighted by Crippen LogP contribution is -2.49. The van der Waals surface area contributed by atoms with Gasteiger partial charge in [0.25, 0.3) is 0 Å². The Hall–Kier alpha value is -1.20. The van der Waals surface area contributed by atoms with Crippen molar-refractivity contribution in [2.45, 2.75) is 31.7 Å². The Morgan fingerprint density at radius 2 is 1.95 bits per heavy atom. The summed E-state index contributed by atoms with van der Waals surface area (Å²) in [4.78, 5) is 12.0. The number of halogens is 3. The predicted molar refractivity (Wildman–Crippen MR) is 75.7 cm³/mol. The van der Waals surface area contributed by atoms with E-state index in [1.54, 1.807) is 0 Å². The first kappa shape index (κ1) is 16.9. The molecule has 2 unspecified atom stereocenters. The van der Waals surface area contributed by atoms with Crippen molar-refractivity contribution in [3.63, 3.8) is 0 Å². The Bertz CT molecular complexity index is 488. The molecule has 0 bridgehead atoms. The highest BCUT2D eigenvalue weighted by atomic mass is 35.5. The van der Waals surface area contributed by atoms with Crippen LogP contribution < -0.4 is 11.1 Å². The molecule has 3 nitrogen and oxygen atoms in total. The zero-order valence-electron chi connectivity index (χ0n) is 11.5. The summed E-state index contributed by atoms with van der Waals surface area (Å²) >= 11 is 0. The van der Waals surface area contributed by atoms with Crippen molar-refractivity contribution in [2.24, 2.45) is 11.7 Å². The first-order valence-corrected chi connectivity index (χ1v) is 6.32. The van der Waals surface area contributed by atoms with E-state index in [1.165, 1.54) is 18.2 Å². The standard InChI is InChI=1S/C14H18F2N2O.ClH/c1-14(2,7-17)18-13(19)9-6-8(9)12-10(15)4-3-5-11(12)16;/h3-5,8-9H,6-7,17H2,1-2H3,(H,18,19);1H. The summed E-state index contributed by atoms with van der Waals surface area (Å²) in [6, 6.07) is 3.76. The summed E-state index contributed by atoms with van der Waals surface area (Å²) < 4.78 is 27.2. The molecule has 3 N–H and O–H groups in total. The zero-order chi connectivity index (χ0) is 14.2. The number of rotatable bonds is 4. The van der Waals surface area contributed by atoms with Crippen LogP contribution in [0, 0.1) is 17.6 Å². The fraction of sp³-hybridized carbons (Fsp3) is 0.500. The van der Waals surface area contributed by atoms with Gasteiger partial charge in [-0.25, -0.2) is 8.78 Å². The number of amides is 1. The lowest BCUT2D eigenvalue weighted by molar-refractivity contribution is -0.123. The lowest BCUT2D eigenvalue weighted by atomic mass is 10.0. The van der Waals surface area contributed by atoms with E-state index in [-0.39, 0.29) is 35.7 Å². The lowest BCUT2D eigenvalue weighted by Gasteiger charge is -2.24. The van der Waals surface area contributed by atoms with Gasteiger partial charge in [-0.2, -0.15) is 0 Å². The average molecular weight is 305 g/mol. The Balaban J connectivity index is 0.00000200. The molecular weight excluding hydrogens is 286 g/mol. The molecule has 0 aromatic heterocycles. The Morgan fingerprint density at radius 3 is 2.45 bits per heavy atom. The molecule has 2 atom stereocenters. The summed E-state index contributed by atoms with van der Waals surface area (Å²) in [5.41, 5.74) is 5.05. The molecule has 0 aliphatic heterocycles. The smallest absolute Gasteiger partial charge is 0.224 e. The van der Waals surface area contributed by atoms with E-state index in [9.17, 15) is 13.6 Å². The van der Waals surface area contributed by atoms with Gasteiger partial charge in [0, 0.05) is 29.5 Å². The summed E-state index contributed by atoms with van der Waals surface area (Å²) in [5.74, 6) is -2.09. The number of hydrogen-bond donors (Lipinski definition) is 2. The number of nitrogens with two attached hydrogens (primary N) is 1. The molecule has 1 amide bonds. The molecule has 1 aromatic carbocycles. The molecule has 0 radical (unpaired) electrons. The SMILES string of the molecule is CC(C)(CN)NC(=O)C1CC1c1c(F)cccc1F.Cl. The molecule has 6 heteroatoms. The Morgan fingerprint density at radius 1 is 1.40 bits per heavy atom. The Kier molecular flexibility index (Phi) is 5.10. The van der Waals surface area contributed by atoms with Crippen LogP contribution >= 0.6 is 12.4 Å². The largest absolute Gasteiger partial charge is 0.350 e. The molecule has 1 saturated carbocycles. The normalized spacial score (nSPS) is 21.1. The second-order valence-corrected chi connectivity index (χ2v) is 5.66. The predicted octanol–water partition coefficient (Wildman–Crippen LogP) is 2.34. The van der Waals surface area contributed by atoms with Crippen LogP contribution in [-0.4, -0.2) is 18.0 Å². The number of carbonyl (C=O) groups is 1. The van der Waals surface area contributed by atoms with Gasteiger partial charge in [0.15, 0.2) is 0 Å². The maximum absolute atomic E-state index is 13.6. The van der Waals surface area contributed by atoms with Crippen molar-refractivity contribution in [1.82, 2.24) is 5.32 Å². The van der Waals surface area contributed by atoms with Gasteiger partial charge >= 0.3 is 0 Å². The average Bonchev–Trinajstić information content (AvgIpc) is 3.08. The van der Waals surface area contributed by atoms with Crippen molar-refractivity contribution in [1.29, 1.82) is 0 Å². The third kappa shape index (κ3) is 3.46. The van der Waals surface area contributed by atoms with Crippen LogP contribution in [-0.2, 0) is 4.79 Å².